The molecule has 0 spiro atoms. The molecule has 2 aromatic rings. The fourth-order valence-corrected chi connectivity index (χ4v) is 1.81. The standard InChI is InChI=1S/C13H18N6O2/c1-5-18(3)12-10(13(20)21-4)11(14)19(17-12)9-7-6-8(2)15-16-9/h6-7H,5,14H2,1-4H3. The summed E-state index contributed by atoms with van der Waals surface area (Å²) < 4.78 is 6.17. The van der Waals surface area contributed by atoms with Gasteiger partial charge in [0.15, 0.2) is 11.6 Å². The summed E-state index contributed by atoms with van der Waals surface area (Å²) in [6.45, 7) is 4.45. The lowest BCUT2D eigenvalue weighted by Gasteiger charge is -2.14. The SMILES string of the molecule is CCN(C)c1nn(-c2ccc(C)nn2)c(N)c1C(=O)OC. The Morgan fingerprint density at radius 3 is 2.67 bits per heavy atom. The van der Waals surface area contributed by atoms with Crippen molar-refractivity contribution in [3.63, 3.8) is 0 Å². The summed E-state index contributed by atoms with van der Waals surface area (Å²) >= 11 is 0. The predicted molar refractivity (Wildman–Crippen MR) is 78.6 cm³/mol. The molecule has 0 fully saturated rings. The van der Waals surface area contributed by atoms with Crippen LogP contribution in [0.25, 0.3) is 5.82 Å². The molecule has 2 heterocycles. The van der Waals surface area contributed by atoms with Crippen molar-refractivity contribution in [1.29, 1.82) is 0 Å². The van der Waals surface area contributed by atoms with Crippen LogP contribution in [0.15, 0.2) is 12.1 Å². The Kier molecular flexibility index (Phi) is 4.06. The number of esters is 1. The van der Waals surface area contributed by atoms with Crippen LogP contribution in [-0.2, 0) is 4.74 Å². The molecule has 112 valence electrons. The molecular weight excluding hydrogens is 272 g/mol. The highest BCUT2D eigenvalue weighted by molar-refractivity contribution is 6.00. The third-order valence-electron chi connectivity index (χ3n) is 3.13. The molecule has 0 radical (unpaired) electrons. The first kappa shape index (κ1) is 14.8. The van der Waals surface area contributed by atoms with Gasteiger partial charge < -0.3 is 15.4 Å². The molecule has 0 aliphatic rings. The summed E-state index contributed by atoms with van der Waals surface area (Å²) in [6, 6.07) is 3.53. The van der Waals surface area contributed by atoms with E-state index in [1.165, 1.54) is 11.8 Å². The van der Waals surface area contributed by atoms with Gasteiger partial charge in [-0.25, -0.2) is 4.79 Å². The van der Waals surface area contributed by atoms with Crippen molar-refractivity contribution in [2.45, 2.75) is 13.8 Å². The lowest BCUT2D eigenvalue weighted by Crippen LogP contribution is -2.19. The second-order valence-electron chi connectivity index (χ2n) is 4.53. The maximum absolute atomic E-state index is 12.0. The Balaban J connectivity index is 2.60. The van der Waals surface area contributed by atoms with E-state index in [-0.39, 0.29) is 11.4 Å². The highest BCUT2D eigenvalue weighted by atomic mass is 16.5. The van der Waals surface area contributed by atoms with E-state index in [0.29, 0.717) is 18.2 Å². The zero-order valence-corrected chi connectivity index (χ0v) is 12.5. The second-order valence-corrected chi connectivity index (χ2v) is 4.53. The number of aromatic nitrogens is 4. The van der Waals surface area contributed by atoms with Crippen LogP contribution in [0.2, 0.25) is 0 Å². The van der Waals surface area contributed by atoms with E-state index in [1.807, 2.05) is 20.9 Å². The van der Waals surface area contributed by atoms with Gasteiger partial charge in [0.2, 0.25) is 0 Å². The number of aryl methyl sites for hydroxylation is 1. The third-order valence-corrected chi connectivity index (χ3v) is 3.13. The van der Waals surface area contributed by atoms with Gasteiger partial charge in [-0.1, -0.05) is 0 Å². The average Bonchev–Trinajstić information content (AvgIpc) is 2.84. The van der Waals surface area contributed by atoms with Gasteiger partial charge in [0.05, 0.1) is 12.8 Å². The minimum atomic E-state index is -0.533. The normalized spacial score (nSPS) is 10.5. The molecule has 0 atom stereocenters. The molecule has 0 amide bonds. The molecule has 0 aliphatic carbocycles. The molecule has 2 N–H and O–H groups in total. The third kappa shape index (κ3) is 2.64. The number of ether oxygens (including phenoxy) is 1. The minimum absolute atomic E-state index is 0.176. The molecule has 8 heteroatoms. The van der Waals surface area contributed by atoms with Gasteiger partial charge in [0.25, 0.3) is 0 Å². The first-order valence-electron chi connectivity index (χ1n) is 6.48. The highest BCUT2D eigenvalue weighted by Crippen LogP contribution is 2.27. The Morgan fingerprint density at radius 1 is 1.43 bits per heavy atom. The first-order chi connectivity index (χ1) is 9.99. The molecule has 0 saturated heterocycles. The summed E-state index contributed by atoms with van der Waals surface area (Å²) in [6.07, 6.45) is 0. The first-order valence-corrected chi connectivity index (χ1v) is 6.48. The molecule has 0 aromatic carbocycles. The van der Waals surface area contributed by atoms with Crippen molar-refractivity contribution in [3.8, 4) is 5.82 Å². The van der Waals surface area contributed by atoms with Gasteiger partial charge in [0.1, 0.15) is 11.4 Å². The molecule has 8 nitrogen and oxygen atoms in total. The van der Waals surface area contributed by atoms with Crippen molar-refractivity contribution in [2.24, 2.45) is 0 Å². The number of nitrogens with two attached hydrogens (primary N) is 1. The molecule has 2 rings (SSSR count). The van der Waals surface area contributed by atoms with E-state index < -0.39 is 5.97 Å². The maximum atomic E-state index is 12.0. The number of carbonyl (C=O) groups excluding carboxylic acids is 1. The van der Waals surface area contributed by atoms with Crippen LogP contribution >= 0.6 is 0 Å². The Hall–Kier alpha value is -2.64. The van der Waals surface area contributed by atoms with Crippen LogP contribution in [0, 0.1) is 6.92 Å². The Morgan fingerprint density at radius 2 is 2.14 bits per heavy atom. The molecule has 0 bridgehead atoms. The number of carbonyl (C=O) groups is 1. The van der Waals surface area contributed by atoms with E-state index in [4.69, 9.17) is 10.5 Å². The summed E-state index contributed by atoms with van der Waals surface area (Å²) in [5, 5.41) is 12.4. The van der Waals surface area contributed by atoms with E-state index in [2.05, 4.69) is 15.3 Å². The Bertz CT molecular complexity index is 649. The van der Waals surface area contributed by atoms with Crippen LogP contribution in [0.4, 0.5) is 11.6 Å². The van der Waals surface area contributed by atoms with Crippen molar-refractivity contribution < 1.29 is 9.53 Å². The molecule has 21 heavy (non-hydrogen) atoms. The van der Waals surface area contributed by atoms with E-state index in [0.717, 1.165) is 5.69 Å². The van der Waals surface area contributed by atoms with Gasteiger partial charge >= 0.3 is 5.97 Å². The molecule has 2 aromatic heterocycles. The van der Waals surface area contributed by atoms with Crippen molar-refractivity contribution >= 4 is 17.6 Å². The number of methoxy groups -OCH3 is 1. The summed E-state index contributed by atoms with van der Waals surface area (Å²) in [7, 11) is 3.12. The molecule has 0 saturated carbocycles. The quantitative estimate of drug-likeness (QED) is 0.831. The number of anilines is 2. The maximum Gasteiger partial charge on any atom is 0.345 e. The van der Waals surface area contributed by atoms with Gasteiger partial charge in [-0.2, -0.15) is 9.78 Å². The van der Waals surface area contributed by atoms with Gasteiger partial charge in [-0.15, -0.1) is 10.2 Å². The van der Waals surface area contributed by atoms with E-state index in [9.17, 15) is 4.79 Å². The monoisotopic (exact) mass is 290 g/mol. The minimum Gasteiger partial charge on any atom is -0.465 e. The topological polar surface area (TPSA) is 99.2 Å². The van der Waals surface area contributed by atoms with Gasteiger partial charge in [-0.05, 0) is 26.0 Å². The van der Waals surface area contributed by atoms with Crippen LogP contribution in [0.1, 0.15) is 23.0 Å². The van der Waals surface area contributed by atoms with E-state index in [1.54, 1.807) is 17.0 Å². The van der Waals surface area contributed by atoms with Crippen molar-refractivity contribution in [2.75, 3.05) is 31.3 Å². The molecular formula is C13H18N6O2. The fraction of sp³-hybridized carbons (Fsp3) is 0.385. The van der Waals surface area contributed by atoms with Gasteiger partial charge in [-0.3, -0.25) is 0 Å². The van der Waals surface area contributed by atoms with Crippen molar-refractivity contribution in [3.05, 3.63) is 23.4 Å². The van der Waals surface area contributed by atoms with Crippen LogP contribution in [-0.4, -0.2) is 46.6 Å². The smallest absolute Gasteiger partial charge is 0.345 e. The summed E-state index contributed by atoms with van der Waals surface area (Å²) in [4.78, 5) is 13.8. The number of rotatable bonds is 4. The fourth-order valence-electron chi connectivity index (χ4n) is 1.81. The van der Waals surface area contributed by atoms with Crippen LogP contribution in [0.3, 0.4) is 0 Å². The second kappa shape index (κ2) is 5.78. The summed E-state index contributed by atoms with van der Waals surface area (Å²) in [5.74, 6) is 0.535. The number of nitrogens with zero attached hydrogens (tertiary/aromatic N) is 5. The lowest BCUT2D eigenvalue weighted by atomic mass is 10.3. The van der Waals surface area contributed by atoms with Crippen molar-refractivity contribution in [1.82, 2.24) is 20.0 Å². The highest BCUT2D eigenvalue weighted by Gasteiger charge is 2.26. The molecule has 0 unspecified atom stereocenters. The van der Waals surface area contributed by atoms with Gasteiger partial charge in [0, 0.05) is 13.6 Å². The van der Waals surface area contributed by atoms with E-state index >= 15 is 0 Å². The predicted octanol–water partition coefficient (Wildman–Crippen LogP) is 0.796. The zero-order valence-electron chi connectivity index (χ0n) is 12.5. The lowest BCUT2D eigenvalue weighted by molar-refractivity contribution is 0.0602. The molecule has 0 aliphatic heterocycles. The largest absolute Gasteiger partial charge is 0.465 e. The van der Waals surface area contributed by atoms with Crippen LogP contribution in [0.5, 0.6) is 0 Å². The zero-order chi connectivity index (χ0) is 15.6. The summed E-state index contributed by atoms with van der Waals surface area (Å²) in [5.41, 5.74) is 7.06. The van der Waals surface area contributed by atoms with Crippen LogP contribution < -0.4 is 10.6 Å². The Labute approximate surface area is 122 Å². The number of hydrogen-bond donors (Lipinski definition) is 1. The number of hydrogen-bond acceptors (Lipinski definition) is 7. The average molecular weight is 290 g/mol. The number of nitrogen functional groups attached to an aromatic ring is 1.